The summed E-state index contributed by atoms with van der Waals surface area (Å²) in [5, 5.41) is 0.722. The number of imidazole rings is 1. The first kappa shape index (κ1) is 12.3. The molecule has 1 aliphatic rings. The van der Waals surface area contributed by atoms with Crippen LogP contribution in [-0.2, 0) is 12.4 Å². The maximum atomic E-state index is 6.00. The van der Waals surface area contributed by atoms with E-state index in [-0.39, 0.29) is 0 Å². The summed E-state index contributed by atoms with van der Waals surface area (Å²) in [4.78, 5) is 4.57. The summed E-state index contributed by atoms with van der Waals surface area (Å²) in [6.07, 6.45) is 1.28. The van der Waals surface area contributed by atoms with E-state index in [2.05, 4.69) is 23.4 Å². The number of nitrogens with zero attached hydrogens (tertiary/aromatic N) is 2. The van der Waals surface area contributed by atoms with E-state index in [1.807, 2.05) is 18.2 Å². The van der Waals surface area contributed by atoms with Gasteiger partial charge in [-0.15, -0.1) is 11.6 Å². The summed E-state index contributed by atoms with van der Waals surface area (Å²) in [6.45, 7) is 5.63. The zero-order valence-electron chi connectivity index (χ0n) is 10.6. The highest BCUT2D eigenvalue weighted by Gasteiger charge is 2.45. The molecular weight excluding hydrogens is 267 g/mol. The second-order valence-electron chi connectivity index (χ2n) is 5.79. The minimum Gasteiger partial charge on any atom is -0.327 e. The van der Waals surface area contributed by atoms with Crippen LogP contribution in [0.4, 0.5) is 0 Å². The zero-order chi connectivity index (χ0) is 12.9. The van der Waals surface area contributed by atoms with E-state index < -0.39 is 0 Å². The molecule has 1 unspecified atom stereocenters. The first-order valence-electron chi connectivity index (χ1n) is 6.22. The summed E-state index contributed by atoms with van der Waals surface area (Å²) in [7, 11) is 0. The Morgan fingerprint density at radius 3 is 2.78 bits per heavy atom. The lowest BCUT2D eigenvalue weighted by Gasteiger charge is -2.09. The Hall–Kier alpha value is -0.730. The van der Waals surface area contributed by atoms with Gasteiger partial charge in [0.15, 0.2) is 0 Å². The van der Waals surface area contributed by atoms with Crippen molar-refractivity contribution in [2.45, 2.75) is 32.7 Å². The maximum absolute atomic E-state index is 6.00. The largest absolute Gasteiger partial charge is 0.327 e. The summed E-state index contributed by atoms with van der Waals surface area (Å²) in [6, 6.07) is 5.86. The molecule has 0 aliphatic heterocycles. The fourth-order valence-corrected chi connectivity index (χ4v) is 2.94. The Bertz CT molecular complexity index is 601. The highest BCUT2D eigenvalue weighted by atomic mass is 35.5. The van der Waals surface area contributed by atoms with Crippen LogP contribution in [-0.4, -0.2) is 9.55 Å². The van der Waals surface area contributed by atoms with Gasteiger partial charge in [-0.25, -0.2) is 4.98 Å². The molecule has 96 valence electrons. The molecule has 0 saturated heterocycles. The van der Waals surface area contributed by atoms with E-state index in [1.54, 1.807) is 0 Å². The van der Waals surface area contributed by atoms with Crippen LogP contribution in [0.15, 0.2) is 18.2 Å². The van der Waals surface area contributed by atoms with E-state index in [0.717, 1.165) is 34.3 Å². The minimum absolute atomic E-state index is 0.444. The number of aromatic nitrogens is 2. The molecule has 0 bridgehead atoms. The van der Waals surface area contributed by atoms with E-state index >= 15 is 0 Å². The van der Waals surface area contributed by atoms with Gasteiger partial charge in [0.05, 0.1) is 16.9 Å². The molecule has 18 heavy (non-hydrogen) atoms. The van der Waals surface area contributed by atoms with Crippen molar-refractivity contribution in [3.63, 3.8) is 0 Å². The molecule has 0 radical (unpaired) electrons. The maximum Gasteiger partial charge on any atom is 0.124 e. The number of hydrogen-bond donors (Lipinski definition) is 0. The molecule has 4 heteroatoms. The predicted octanol–water partition coefficient (Wildman–Crippen LogP) is 4.47. The molecule has 0 amide bonds. The van der Waals surface area contributed by atoms with Crippen molar-refractivity contribution in [1.82, 2.24) is 9.55 Å². The Labute approximate surface area is 117 Å². The van der Waals surface area contributed by atoms with Crippen LogP contribution in [0, 0.1) is 11.3 Å². The molecule has 1 aliphatic carbocycles. The van der Waals surface area contributed by atoms with Crippen LogP contribution in [0.1, 0.15) is 26.1 Å². The van der Waals surface area contributed by atoms with Gasteiger partial charge in [-0.2, -0.15) is 0 Å². The normalized spacial score (nSPS) is 21.4. The quantitative estimate of drug-likeness (QED) is 0.760. The third-order valence-electron chi connectivity index (χ3n) is 4.03. The highest BCUT2D eigenvalue weighted by molar-refractivity contribution is 6.31. The third kappa shape index (κ3) is 2.02. The Balaban J connectivity index is 2.03. The third-order valence-corrected chi connectivity index (χ3v) is 4.50. The topological polar surface area (TPSA) is 17.8 Å². The number of hydrogen-bond acceptors (Lipinski definition) is 1. The van der Waals surface area contributed by atoms with Crippen molar-refractivity contribution in [2.75, 3.05) is 0 Å². The van der Waals surface area contributed by atoms with Crippen molar-refractivity contribution in [3.05, 3.63) is 29.0 Å². The number of fused-ring (bicyclic) bond motifs is 1. The van der Waals surface area contributed by atoms with Gasteiger partial charge >= 0.3 is 0 Å². The van der Waals surface area contributed by atoms with Crippen LogP contribution < -0.4 is 0 Å². The molecule has 1 fully saturated rings. The molecule has 3 rings (SSSR count). The summed E-state index contributed by atoms with van der Waals surface area (Å²) < 4.78 is 2.25. The monoisotopic (exact) mass is 282 g/mol. The van der Waals surface area contributed by atoms with Gasteiger partial charge < -0.3 is 4.57 Å². The molecule has 1 atom stereocenters. The first-order chi connectivity index (χ1) is 8.51. The molecule has 1 aromatic carbocycles. The molecule has 0 spiro atoms. The first-order valence-corrected chi connectivity index (χ1v) is 7.13. The second-order valence-corrected chi connectivity index (χ2v) is 6.50. The minimum atomic E-state index is 0.444. The molecule has 2 nitrogen and oxygen atoms in total. The standard InChI is InChI=1S/C14H16Cl2N2/c1-14(2)6-9(14)8-18-12-4-3-10(16)5-11(12)17-13(18)7-15/h3-5,9H,6-8H2,1-2H3. The zero-order valence-corrected chi connectivity index (χ0v) is 12.1. The molecule has 2 aromatic rings. The average molecular weight is 283 g/mol. The van der Waals surface area contributed by atoms with Crippen molar-refractivity contribution < 1.29 is 0 Å². The number of halogens is 2. The van der Waals surface area contributed by atoms with E-state index in [4.69, 9.17) is 23.2 Å². The molecule has 0 N–H and O–H groups in total. The van der Waals surface area contributed by atoms with Crippen molar-refractivity contribution in [1.29, 1.82) is 0 Å². The molecule has 1 heterocycles. The second kappa shape index (κ2) is 4.14. The SMILES string of the molecule is CC1(C)CC1Cn1c(CCl)nc2cc(Cl)ccc21. The summed E-state index contributed by atoms with van der Waals surface area (Å²) >= 11 is 12.0. The van der Waals surface area contributed by atoms with Crippen molar-refractivity contribution >= 4 is 34.2 Å². The Kier molecular flexibility index (Phi) is 2.83. The van der Waals surface area contributed by atoms with Gasteiger partial charge in [0.25, 0.3) is 0 Å². The number of rotatable bonds is 3. The predicted molar refractivity (Wildman–Crippen MR) is 76.2 cm³/mol. The van der Waals surface area contributed by atoms with Gasteiger partial charge in [0.1, 0.15) is 5.82 Å². The lowest BCUT2D eigenvalue weighted by Crippen LogP contribution is -2.06. The van der Waals surface area contributed by atoms with Crippen LogP contribution in [0.3, 0.4) is 0 Å². The Morgan fingerprint density at radius 2 is 2.17 bits per heavy atom. The van der Waals surface area contributed by atoms with E-state index in [1.165, 1.54) is 6.42 Å². The molecular formula is C14H16Cl2N2. The highest BCUT2D eigenvalue weighted by Crippen LogP contribution is 2.52. The fraction of sp³-hybridized carbons (Fsp3) is 0.500. The van der Waals surface area contributed by atoms with Gasteiger partial charge in [0.2, 0.25) is 0 Å². The van der Waals surface area contributed by atoms with Gasteiger partial charge in [-0.3, -0.25) is 0 Å². The lowest BCUT2D eigenvalue weighted by molar-refractivity contribution is 0.498. The van der Waals surface area contributed by atoms with Crippen molar-refractivity contribution in [3.8, 4) is 0 Å². The van der Waals surface area contributed by atoms with Gasteiger partial charge in [-0.05, 0) is 36.0 Å². The van der Waals surface area contributed by atoms with Crippen LogP contribution in [0.25, 0.3) is 11.0 Å². The average Bonchev–Trinajstić information content (AvgIpc) is 2.77. The molecule has 1 aromatic heterocycles. The van der Waals surface area contributed by atoms with Gasteiger partial charge in [0, 0.05) is 11.6 Å². The fourth-order valence-electron chi connectivity index (χ4n) is 2.57. The van der Waals surface area contributed by atoms with Gasteiger partial charge in [-0.1, -0.05) is 25.4 Å². The smallest absolute Gasteiger partial charge is 0.124 e. The Morgan fingerprint density at radius 1 is 1.44 bits per heavy atom. The summed E-state index contributed by atoms with van der Waals surface area (Å²) in [5.74, 6) is 2.11. The van der Waals surface area contributed by atoms with Crippen molar-refractivity contribution in [2.24, 2.45) is 11.3 Å². The van der Waals surface area contributed by atoms with Crippen LogP contribution in [0.5, 0.6) is 0 Å². The van der Waals surface area contributed by atoms with E-state index in [0.29, 0.717) is 11.3 Å². The van der Waals surface area contributed by atoms with Crippen LogP contribution >= 0.6 is 23.2 Å². The van der Waals surface area contributed by atoms with E-state index in [9.17, 15) is 0 Å². The summed E-state index contributed by atoms with van der Waals surface area (Å²) in [5.41, 5.74) is 2.54. The molecule has 1 saturated carbocycles. The number of alkyl halides is 1. The number of benzene rings is 1. The van der Waals surface area contributed by atoms with Crippen LogP contribution in [0.2, 0.25) is 5.02 Å². The lowest BCUT2D eigenvalue weighted by atomic mass is 10.1.